The first-order valence-corrected chi connectivity index (χ1v) is 2.32. The van der Waals surface area contributed by atoms with E-state index in [4.69, 9.17) is 16.5 Å². The van der Waals surface area contributed by atoms with Crippen molar-refractivity contribution in [2.24, 2.45) is 16.5 Å². The molecule has 0 aromatic carbocycles. The number of hydrogen-bond acceptors (Lipinski definition) is 3. The minimum Gasteiger partial charge on any atom is -0.285 e. The third kappa shape index (κ3) is 302. The molecular weight excluding hydrogens is 87.0 g/mol. The SMILES string of the molecule is NP(N)N.[N]. The monoisotopic (exact) mass is 93.0 g/mol. The number of nitrogens with two attached hydrogens (primary N) is 3. The van der Waals surface area contributed by atoms with E-state index in [1.807, 2.05) is 0 Å². The van der Waals surface area contributed by atoms with Crippen LogP contribution in [0.25, 0.3) is 0 Å². The van der Waals surface area contributed by atoms with Crippen molar-refractivity contribution in [1.82, 2.24) is 6.15 Å². The smallest absolute Gasteiger partial charge is 0.103 e. The zero-order valence-electron chi connectivity index (χ0n) is 2.63. The summed E-state index contributed by atoms with van der Waals surface area (Å²) in [6.07, 6.45) is 0. The van der Waals surface area contributed by atoms with Crippen molar-refractivity contribution in [2.75, 3.05) is 0 Å². The van der Waals surface area contributed by atoms with E-state index in [1.165, 1.54) is 0 Å². The van der Waals surface area contributed by atoms with Crippen molar-refractivity contribution in [2.45, 2.75) is 0 Å². The first kappa shape index (κ1) is 8.99. The molecule has 0 atom stereocenters. The molecule has 0 fully saturated rings. The summed E-state index contributed by atoms with van der Waals surface area (Å²) in [5, 5.41) is 0. The predicted molar refractivity (Wildman–Crippen MR) is 21.6 cm³/mol. The van der Waals surface area contributed by atoms with Gasteiger partial charge in [-0.05, 0) is 0 Å². The lowest BCUT2D eigenvalue weighted by Crippen LogP contribution is -2.05. The van der Waals surface area contributed by atoms with Crippen LogP contribution in [0.2, 0.25) is 0 Å². The molecule has 0 saturated heterocycles. The van der Waals surface area contributed by atoms with Gasteiger partial charge in [0.2, 0.25) is 0 Å². The minimum atomic E-state index is -1.12. The van der Waals surface area contributed by atoms with Gasteiger partial charge in [0.25, 0.3) is 0 Å². The Morgan fingerprint density at radius 1 is 1.00 bits per heavy atom. The van der Waals surface area contributed by atoms with Crippen molar-refractivity contribution in [3.63, 3.8) is 0 Å². The minimum absolute atomic E-state index is 0. The van der Waals surface area contributed by atoms with Gasteiger partial charge in [0.1, 0.15) is 8.37 Å². The van der Waals surface area contributed by atoms with Gasteiger partial charge < -0.3 is 0 Å². The van der Waals surface area contributed by atoms with Gasteiger partial charge >= 0.3 is 0 Å². The van der Waals surface area contributed by atoms with E-state index in [-0.39, 0.29) is 6.15 Å². The van der Waals surface area contributed by atoms with Gasteiger partial charge in [-0.1, -0.05) is 0 Å². The lowest BCUT2D eigenvalue weighted by atomic mass is 13.8. The summed E-state index contributed by atoms with van der Waals surface area (Å²) in [5.74, 6) is 0. The van der Waals surface area contributed by atoms with Gasteiger partial charge in [-0.3, -0.25) is 16.5 Å². The maximum absolute atomic E-state index is 4.73. The second-order valence-electron chi connectivity index (χ2n) is 0.447. The van der Waals surface area contributed by atoms with Crippen molar-refractivity contribution >= 4 is 8.37 Å². The van der Waals surface area contributed by atoms with Crippen molar-refractivity contribution in [1.29, 1.82) is 0 Å². The largest absolute Gasteiger partial charge is 0.285 e. The normalized spacial score (nSPS) is 7.20. The Balaban J connectivity index is 0. The summed E-state index contributed by atoms with van der Waals surface area (Å²) in [4.78, 5) is 0. The van der Waals surface area contributed by atoms with Crippen LogP contribution < -0.4 is 22.7 Å². The van der Waals surface area contributed by atoms with Crippen LogP contribution in [0.15, 0.2) is 0 Å². The molecule has 31 valence electrons. The molecule has 0 saturated carbocycles. The Hall–Kier alpha value is 0.270. The van der Waals surface area contributed by atoms with Gasteiger partial charge in [0.05, 0.1) is 0 Å². The Bertz CT molecular complexity index is 8.36. The summed E-state index contributed by atoms with van der Waals surface area (Å²) in [6, 6.07) is 0. The summed E-state index contributed by atoms with van der Waals surface area (Å²) in [5.41, 5.74) is 14.2. The molecule has 0 aromatic rings. The fraction of sp³-hybridized carbons (Fsp3) is 0. The lowest BCUT2D eigenvalue weighted by Gasteiger charge is -1.83. The quantitative estimate of drug-likeness (QED) is 0.320. The molecule has 0 amide bonds. The average molecular weight is 93.1 g/mol. The number of rotatable bonds is 0. The lowest BCUT2D eigenvalue weighted by molar-refractivity contribution is 1.69. The third-order valence-electron chi connectivity index (χ3n) is 0. The zero-order chi connectivity index (χ0) is 3.58. The molecule has 5 heavy (non-hydrogen) atoms. The Labute approximate surface area is 32.2 Å². The van der Waals surface area contributed by atoms with E-state index in [0.717, 1.165) is 0 Å². The maximum Gasteiger partial charge on any atom is 0.103 e. The van der Waals surface area contributed by atoms with Gasteiger partial charge in [0, 0.05) is 6.15 Å². The van der Waals surface area contributed by atoms with E-state index in [0.29, 0.717) is 0 Å². The van der Waals surface area contributed by atoms with Gasteiger partial charge in [-0.2, -0.15) is 0 Å². The van der Waals surface area contributed by atoms with Gasteiger partial charge in [0.15, 0.2) is 0 Å². The highest BCUT2D eigenvalue weighted by Crippen LogP contribution is 1.89. The third-order valence-corrected chi connectivity index (χ3v) is 0. The maximum atomic E-state index is 4.73. The summed E-state index contributed by atoms with van der Waals surface area (Å²) in [6.45, 7) is 0. The number of nitrogens with zero attached hydrogens (tertiary/aromatic N) is 1. The van der Waals surface area contributed by atoms with E-state index in [9.17, 15) is 0 Å². The van der Waals surface area contributed by atoms with Crippen LogP contribution in [-0.2, 0) is 0 Å². The molecular formula is H6N4P. The van der Waals surface area contributed by atoms with Crippen molar-refractivity contribution in [3.8, 4) is 0 Å². The van der Waals surface area contributed by atoms with Crippen LogP contribution in [-0.4, -0.2) is 0 Å². The van der Waals surface area contributed by atoms with Gasteiger partial charge in [-0.25, -0.2) is 0 Å². The van der Waals surface area contributed by atoms with Crippen LogP contribution >= 0.6 is 8.37 Å². The van der Waals surface area contributed by atoms with E-state index >= 15 is 0 Å². The molecule has 3 radical (unpaired) electrons. The van der Waals surface area contributed by atoms with Crippen LogP contribution in [0.1, 0.15) is 0 Å². The molecule has 4 nitrogen and oxygen atoms in total. The molecule has 0 heterocycles. The Kier molecular flexibility index (Phi) is 7.67. The van der Waals surface area contributed by atoms with E-state index < -0.39 is 8.37 Å². The Morgan fingerprint density at radius 3 is 1.00 bits per heavy atom. The molecule has 5 heteroatoms. The molecule has 0 spiro atoms. The zero-order valence-corrected chi connectivity index (χ0v) is 3.52. The van der Waals surface area contributed by atoms with Crippen LogP contribution in [0.3, 0.4) is 0 Å². The predicted octanol–water partition coefficient (Wildman–Crippen LogP) is -1.39. The molecule has 0 aliphatic rings. The molecule has 0 bridgehead atoms. The second-order valence-corrected chi connectivity index (χ2v) is 1.34. The van der Waals surface area contributed by atoms with Crippen LogP contribution in [0.4, 0.5) is 0 Å². The fourth-order valence-electron chi connectivity index (χ4n) is 0. The topological polar surface area (TPSA) is 109 Å². The highest BCUT2D eigenvalue weighted by atomic mass is 31.1. The average Bonchev–Trinajstić information content (AvgIpc) is 0.811. The van der Waals surface area contributed by atoms with Crippen LogP contribution in [0.5, 0.6) is 0 Å². The molecule has 0 aromatic heterocycles. The summed E-state index contributed by atoms with van der Waals surface area (Å²) >= 11 is 0. The number of hydrogen-bond donors (Lipinski definition) is 3. The highest BCUT2D eigenvalue weighted by Gasteiger charge is 1.65. The first-order chi connectivity index (χ1) is 1.73. The van der Waals surface area contributed by atoms with Crippen molar-refractivity contribution < 1.29 is 0 Å². The van der Waals surface area contributed by atoms with Gasteiger partial charge in [-0.15, -0.1) is 0 Å². The standard InChI is InChI=1S/H6N3P.N/c1-4(2)3;/h1-3H2;. The van der Waals surface area contributed by atoms with Crippen molar-refractivity contribution in [3.05, 3.63) is 0 Å². The van der Waals surface area contributed by atoms with E-state index in [1.54, 1.807) is 0 Å². The summed E-state index contributed by atoms with van der Waals surface area (Å²) in [7, 11) is -1.12. The molecule has 0 rings (SSSR count). The Morgan fingerprint density at radius 2 is 1.00 bits per heavy atom. The fourth-order valence-corrected chi connectivity index (χ4v) is 0. The molecule has 6 N–H and O–H groups in total. The first-order valence-electron chi connectivity index (χ1n) is 0.775. The van der Waals surface area contributed by atoms with Crippen LogP contribution in [0, 0.1) is 0 Å². The summed E-state index contributed by atoms with van der Waals surface area (Å²) < 4.78 is 0. The second kappa shape index (κ2) is 4.27. The highest BCUT2D eigenvalue weighted by molar-refractivity contribution is 7.49. The molecule has 0 unspecified atom stereocenters. The molecule has 0 aliphatic heterocycles. The van der Waals surface area contributed by atoms with E-state index in [2.05, 4.69) is 0 Å². The molecule has 0 aliphatic carbocycles.